The minimum Gasteiger partial charge on any atom is -0.349 e. The summed E-state index contributed by atoms with van der Waals surface area (Å²) in [5, 5.41) is 5.39. The molecule has 1 unspecified atom stereocenters. The van der Waals surface area contributed by atoms with E-state index in [1.165, 1.54) is 0 Å². The van der Waals surface area contributed by atoms with Gasteiger partial charge < -0.3 is 16.4 Å². The molecule has 19 heavy (non-hydrogen) atoms. The van der Waals surface area contributed by atoms with E-state index in [0.717, 1.165) is 0 Å². The molecular formula is C14H19N3O2. The summed E-state index contributed by atoms with van der Waals surface area (Å²) >= 11 is 0. The monoisotopic (exact) mass is 261 g/mol. The minimum absolute atomic E-state index is 0.202. The molecule has 5 heteroatoms. The molecule has 0 bridgehead atoms. The Kier molecular flexibility index (Phi) is 5.75. The summed E-state index contributed by atoms with van der Waals surface area (Å²) in [6.07, 6.45) is 1.59. The normalized spacial score (nSPS) is 11.5. The summed E-state index contributed by atoms with van der Waals surface area (Å²) in [4.78, 5) is 23.7. The number of rotatable bonds is 6. The highest BCUT2D eigenvalue weighted by atomic mass is 16.2. The molecule has 0 fully saturated rings. The van der Waals surface area contributed by atoms with Gasteiger partial charge in [0.05, 0.1) is 11.3 Å². The van der Waals surface area contributed by atoms with Crippen molar-refractivity contribution in [2.24, 2.45) is 11.7 Å². The van der Waals surface area contributed by atoms with E-state index in [9.17, 15) is 9.59 Å². The number of hydrogen-bond donors (Lipinski definition) is 3. The lowest BCUT2D eigenvalue weighted by atomic mass is 10.1. The predicted molar refractivity (Wildman–Crippen MR) is 75.8 cm³/mol. The second-order valence-electron chi connectivity index (χ2n) is 4.17. The molecule has 4 N–H and O–H groups in total. The fraction of sp³-hybridized carbons (Fsp3) is 0.286. The van der Waals surface area contributed by atoms with E-state index in [0.29, 0.717) is 17.8 Å². The molecule has 2 amide bonds. The number of anilines is 1. The Morgan fingerprint density at radius 2 is 2.11 bits per heavy atom. The maximum absolute atomic E-state index is 11.9. The van der Waals surface area contributed by atoms with Crippen molar-refractivity contribution in [3.63, 3.8) is 0 Å². The number of amides is 2. The van der Waals surface area contributed by atoms with Crippen molar-refractivity contribution < 1.29 is 9.59 Å². The molecule has 0 radical (unpaired) electrons. The van der Waals surface area contributed by atoms with Crippen molar-refractivity contribution in [1.29, 1.82) is 0 Å². The van der Waals surface area contributed by atoms with Crippen molar-refractivity contribution in [2.45, 2.75) is 6.92 Å². The molecule has 0 saturated carbocycles. The summed E-state index contributed by atoms with van der Waals surface area (Å²) in [6, 6.07) is 6.84. The molecule has 0 aromatic heterocycles. The van der Waals surface area contributed by atoms with Crippen molar-refractivity contribution >= 4 is 17.5 Å². The highest BCUT2D eigenvalue weighted by Crippen LogP contribution is 2.15. The molecule has 0 saturated heterocycles. The Balaban J connectivity index is 2.86. The van der Waals surface area contributed by atoms with Crippen molar-refractivity contribution in [1.82, 2.24) is 5.32 Å². The number of para-hydroxylation sites is 1. The Morgan fingerprint density at radius 3 is 2.74 bits per heavy atom. The summed E-state index contributed by atoms with van der Waals surface area (Å²) < 4.78 is 0. The summed E-state index contributed by atoms with van der Waals surface area (Å²) in [5.41, 5.74) is 6.34. The fourth-order valence-corrected chi connectivity index (χ4v) is 1.41. The number of hydrogen-bond acceptors (Lipinski definition) is 3. The van der Waals surface area contributed by atoms with Gasteiger partial charge in [0, 0.05) is 19.0 Å². The van der Waals surface area contributed by atoms with E-state index in [4.69, 9.17) is 5.73 Å². The van der Waals surface area contributed by atoms with E-state index in [-0.39, 0.29) is 24.3 Å². The van der Waals surface area contributed by atoms with Gasteiger partial charge >= 0.3 is 0 Å². The quantitative estimate of drug-likeness (QED) is 0.671. The smallest absolute Gasteiger partial charge is 0.253 e. The first kappa shape index (κ1) is 14.9. The van der Waals surface area contributed by atoms with Crippen LogP contribution in [0.25, 0.3) is 0 Å². The Bertz CT molecular complexity index is 472. The van der Waals surface area contributed by atoms with Crippen LogP contribution in [0.1, 0.15) is 17.3 Å². The van der Waals surface area contributed by atoms with Crippen molar-refractivity contribution in [2.75, 3.05) is 18.4 Å². The summed E-state index contributed by atoms with van der Waals surface area (Å²) in [5.74, 6) is -0.757. The Hall–Kier alpha value is -2.14. The molecule has 1 aromatic carbocycles. The standard InChI is InChI=1S/C14H19N3O2/c1-3-8-16-14(19)11-6-4-5-7-12(11)17-13(18)10(2)9-15/h3-7,10H,1,8-9,15H2,2H3,(H,16,19)(H,17,18). The van der Waals surface area contributed by atoms with Crippen molar-refractivity contribution in [3.8, 4) is 0 Å². The van der Waals surface area contributed by atoms with Crippen LogP contribution >= 0.6 is 0 Å². The van der Waals surface area contributed by atoms with Gasteiger partial charge in [0.1, 0.15) is 0 Å². The number of nitrogens with two attached hydrogens (primary N) is 1. The first-order valence-corrected chi connectivity index (χ1v) is 6.09. The van der Waals surface area contributed by atoms with Gasteiger partial charge in [-0.1, -0.05) is 25.1 Å². The van der Waals surface area contributed by atoms with E-state index in [1.807, 2.05) is 0 Å². The van der Waals surface area contributed by atoms with Gasteiger partial charge in [-0.15, -0.1) is 6.58 Å². The number of carbonyl (C=O) groups excluding carboxylic acids is 2. The first-order valence-electron chi connectivity index (χ1n) is 6.09. The lowest BCUT2D eigenvalue weighted by Gasteiger charge is -2.13. The van der Waals surface area contributed by atoms with Crippen LogP contribution in [0.15, 0.2) is 36.9 Å². The van der Waals surface area contributed by atoms with Crippen LogP contribution in [0.2, 0.25) is 0 Å². The van der Waals surface area contributed by atoms with Crippen LogP contribution in [0, 0.1) is 5.92 Å². The number of benzene rings is 1. The minimum atomic E-state index is -0.302. The van der Waals surface area contributed by atoms with Gasteiger partial charge in [0.25, 0.3) is 5.91 Å². The Labute approximate surface area is 112 Å². The van der Waals surface area contributed by atoms with Gasteiger partial charge in [0.15, 0.2) is 0 Å². The van der Waals surface area contributed by atoms with E-state index >= 15 is 0 Å². The van der Waals surface area contributed by atoms with E-state index < -0.39 is 0 Å². The van der Waals surface area contributed by atoms with E-state index in [1.54, 1.807) is 37.3 Å². The maximum atomic E-state index is 11.9. The first-order chi connectivity index (χ1) is 9.10. The molecule has 1 rings (SSSR count). The maximum Gasteiger partial charge on any atom is 0.253 e. The third-order valence-corrected chi connectivity index (χ3v) is 2.64. The second-order valence-corrected chi connectivity index (χ2v) is 4.17. The average Bonchev–Trinajstić information content (AvgIpc) is 2.44. The predicted octanol–water partition coefficient (Wildman–Crippen LogP) is 1.14. The SMILES string of the molecule is C=CCNC(=O)c1ccccc1NC(=O)C(C)CN. The van der Waals surface area contributed by atoms with Gasteiger partial charge in [-0.2, -0.15) is 0 Å². The zero-order chi connectivity index (χ0) is 14.3. The molecule has 0 spiro atoms. The number of nitrogens with one attached hydrogen (secondary N) is 2. The van der Waals surface area contributed by atoms with Crippen molar-refractivity contribution in [3.05, 3.63) is 42.5 Å². The zero-order valence-corrected chi connectivity index (χ0v) is 11.0. The average molecular weight is 261 g/mol. The second kappa shape index (κ2) is 7.33. The zero-order valence-electron chi connectivity index (χ0n) is 11.0. The van der Waals surface area contributed by atoms with E-state index in [2.05, 4.69) is 17.2 Å². The van der Waals surface area contributed by atoms with Gasteiger partial charge in [-0.05, 0) is 12.1 Å². The molecule has 1 atom stereocenters. The molecule has 102 valence electrons. The third-order valence-electron chi connectivity index (χ3n) is 2.64. The molecule has 5 nitrogen and oxygen atoms in total. The molecule has 0 aliphatic rings. The largest absolute Gasteiger partial charge is 0.349 e. The lowest BCUT2D eigenvalue weighted by molar-refractivity contribution is -0.119. The highest BCUT2D eigenvalue weighted by molar-refractivity contribution is 6.04. The molecule has 0 aliphatic heterocycles. The Morgan fingerprint density at radius 1 is 1.42 bits per heavy atom. The van der Waals surface area contributed by atoms with Crippen LogP contribution in [0.4, 0.5) is 5.69 Å². The van der Waals surface area contributed by atoms with Gasteiger partial charge in [-0.3, -0.25) is 9.59 Å². The van der Waals surface area contributed by atoms with Crippen LogP contribution < -0.4 is 16.4 Å². The highest BCUT2D eigenvalue weighted by Gasteiger charge is 2.15. The van der Waals surface area contributed by atoms with Crippen LogP contribution in [-0.4, -0.2) is 24.9 Å². The molecular weight excluding hydrogens is 242 g/mol. The third kappa shape index (κ3) is 4.22. The molecule has 0 aliphatic carbocycles. The van der Waals surface area contributed by atoms with Crippen LogP contribution in [0.3, 0.4) is 0 Å². The lowest BCUT2D eigenvalue weighted by Crippen LogP contribution is -2.29. The van der Waals surface area contributed by atoms with Crippen LogP contribution in [-0.2, 0) is 4.79 Å². The van der Waals surface area contributed by atoms with Gasteiger partial charge in [-0.25, -0.2) is 0 Å². The molecule has 0 heterocycles. The summed E-state index contributed by atoms with van der Waals surface area (Å²) in [6.45, 7) is 5.90. The topological polar surface area (TPSA) is 84.2 Å². The molecule has 1 aromatic rings. The summed E-state index contributed by atoms with van der Waals surface area (Å²) in [7, 11) is 0. The van der Waals surface area contributed by atoms with Gasteiger partial charge in [0.2, 0.25) is 5.91 Å². The number of carbonyl (C=O) groups is 2. The van der Waals surface area contributed by atoms with Crippen LogP contribution in [0.5, 0.6) is 0 Å². The fourth-order valence-electron chi connectivity index (χ4n) is 1.41.